The predicted octanol–water partition coefficient (Wildman–Crippen LogP) is 3.80. The van der Waals surface area contributed by atoms with Crippen molar-refractivity contribution >= 4 is 27.6 Å². The van der Waals surface area contributed by atoms with Gasteiger partial charge in [0.2, 0.25) is 5.91 Å². The molecule has 0 aliphatic carbocycles. The number of carboxylic acid groups (broad SMARTS) is 1. The second-order valence-electron chi connectivity index (χ2n) is 7.97. The molecule has 0 atom stereocenters. The van der Waals surface area contributed by atoms with Gasteiger partial charge in [-0.25, -0.2) is 13.2 Å². The number of carboxylic acids is 1. The molecule has 0 bridgehead atoms. The minimum Gasteiger partial charge on any atom is -0.478 e. The fourth-order valence-corrected chi connectivity index (χ4v) is 5.13. The quantitative estimate of drug-likeness (QED) is 0.598. The Hall–Kier alpha value is -3.65. The van der Waals surface area contributed by atoms with E-state index in [-0.39, 0.29) is 22.1 Å². The molecule has 0 radical (unpaired) electrons. The maximum Gasteiger partial charge on any atom is 0.337 e. The number of fused-ring (bicyclic) bond motifs is 1. The monoisotopic (exact) mass is 464 g/mol. The fourth-order valence-electron chi connectivity index (χ4n) is 4.01. The molecule has 1 heterocycles. The summed E-state index contributed by atoms with van der Waals surface area (Å²) in [5.74, 6) is -1.23. The highest BCUT2D eigenvalue weighted by atomic mass is 32.2. The van der Waals surface area contributed by atoms with Crippen LogP contribution in [0.3, 0.4) is 0 Å². The number of sulfonamides is 1. The van der Waals surface area contributed by atoms with Gasteiger partial charge in [0, 0.05) is 20.0 Å². The first-order chi connectivity index (χ1) is 15.7. The Labute approximate surface area is 192 Å². The number of amides is 1. The van der Waals surface area contributed by atoms with Gasteiger partial charge in [-0.1, -0.05) is 42.5 Å². The summed E-state index contributed by atoms with van der Waals surface area (Å²) in [6.45, 7) is 2.65. The minimum absolute atomic E-state index is 0.00144. The SMILES string of the molecule is CC(=O)N1CCc2ccc(S(=O)(=O)Nc3cc(-c4ccccc4)ccc3C(=O)O)cc2CC1. The van der Waals surface area contributed by atoms with Crippen LogP contribution in [0.2, 0.25) is 0 Å². The van der Waals surface area contributed by atoms with Crippen LogP contribution in [0, 0.1) is 0 Å². The van der Waals surface area contributed by atoms with Crippen LogP contribution in [0.4, 0.5) is 5.69 Å². The third kappa shape index (κ3) is 4.90. The van der Waals surface area contributed by atoms with E-state index in [2.05, 4.69) is 4.72 Å². The van der Waals surface area contributed by atoms with Crippen LogP contribution in [0.25, 0.3) is 11.1 Å². The normalized spacial score (nSPS) is 13.7. The van der Waals surface area contributed by atoms with E-state index in [1.807, 2.05) is 30.3 Å². The molecule has 1 aliphatic rings. The van der Waals surface area contributed by atoms with Gasteiger partial charge in [-0.05, 0) is 59.4 Å². The molecule has 0 aromatic heterocycles. The molecule has 1 aliphatic heterocycles. The van der Waals surface area contributed by atoms with E-state index in [0.29, 0.717) is 31.5 Å². The molecule has 0 spiro atoms. The molecule has 0 unspecified atom stereocenters. The molecule has 2 N–H and O–H groups in total. The van der Waals surface area contributed by atoms with Gasteiger partial charge in [0.25, 0.3) is 10.0 Å². The van der Waals surface area contributed by atoms with Gasteiger partial charge in [0.15, 0.2) is 0 Å². The van der Waals surface area contributed by atoms with Crippen LogP contribution in [-0.4, -0.2) is 43.4 Å². The third-order valence-electron chi connectivity index (χ3n) is 5.84. The van der Waals surface area contributed by atoms with Gasteiger partial charge >= 0.3 is 5.97 Å². The molecule has 1 amide bonds. The van der Waals surface area contributed by atoms with Crippen molar-refractivity contribution in [1.29, 1.82) is 0 Å². The Morgan fingerprint density at radius 3 is 2.24 bits per heavy atom. The average Bonchev–Trinajstić information content (AvgIpc) is 3.01. The van der Waals surface area contributed by atoms with Crippen LogP contribution in [-0.2, 0) is 27.7 Å². The number of rotatable bonds is 5. The Kier molecular flexibility index (Phi) is 6.20. The van der Waals surface area contributed by atoms with Crippen LogP contribution in [0.15, 0.2) is 71.6 Å². The molecule has 8 heteroatoms. The Balaban J connectivity index is 1.67. The molecule has 170 valence electrons. The van der Waals surface area contributed by atoms with Crippen molar-refractivity contribution in [2.45, 2.75) is 24.7 Å². The van der Waals surface area contributed by atoms with Crippen molar-refractivity contribution in [2.24, 2.45) is 0 Å². The summed E-state index contributed by atoms with van der Waals surface area (Å²) in [7, 11) is -4.04. The van der Waals surface area contributed by atoms with Crippen molar-refractivity contribution in [3.63, 3.8) is 0 Å². The zero-order chi connectivity index (χ0) is 23.6. The zero-order valence-electron chi connectivity index (χ0n) is 18.1. The maximum atomic E-state index is 13.2. The molecule has 7 nitrogen and oxygen atoms in total. The third-order valence-corrected chi connectivity index (χ3v) is 7.20. The lowest BCUT2D eigenvalue weighted by Crippen LogP contribution is -2.30. The first-order valence-corrected chi connectivity index (χ1v) is 12.1. The highest BCUT2D eigenvalue weighted by molar-refractivity contribution is 7.92. The van der Waals surface area contributed by atoms with Crippen molar-refractivity contribution in [2.75, 3.05) is 17.8 Å². The van der Waals surface area contributed by atoms with Gasteiger partial charge in [-0.2, -0.15) is 0 Å². The molecule has 33 heavy (non-hydrogen) atoms. The van der Waals surface area contributed by atoms with E-state index in [4.69, 9.17) is 0 Å². The van der Waals surface area contributed by atoms with Gasteiger partial charge < -0.3 is 10.0 Å². The minimum atomic E-state index is -4.04. The lowest BCUT2D eigenvalue weighted by Gasteiger charge is -2.17. The summed E-state index contributed by atoms with van der Waals surface area (Å²) >= 11 is 0. The Bertz CT molecular complexity index is 1320. The smallest absolute Gasteiger partial charge is 0.337 e. The number of hydrogen-bond acceptors (Lipinski definition) is 4. The second kappa shape index (κ2) is 9.07. The van der Waals surface area contributed by atoms with E-state index in [9.17, 15) is 23.1 Å². The number of anilines is 1. The summed E-state index contributed by atoms with van der Waals surface area (Å²) in [6.07, 6.45) is 1.22. The molecular weight excluding hydrogens is 440 g/mol. The van der Waals surface area contributed by atoms with E-state index in [0.717, 1.165) is 16.7 Å². The van der Waals surface area contributed by atoms with Crippen LogP contribution >= 0.6 is 0 Å². The van der Waals surface area contributed by atoms with Gasteiger partial charge in [0.05, 0.1) is 16.1 Å². The number of nitrogens with zero attached hydrogens (tertiary/aromatic N) is 1. The number of carbonyl (C=O) groups excluding carboxylic acids is 1. The van der Waals surface area contributed by atoms with Crippen molar-refractivity contribution in [3.8, 4) is 11.1 Å². The van der Waals surface area contributed by atoms with Crippen molar-refractivity contribution in [1.82, 2.24) is 4.90 Å². The number of benzene rings is 3. The van der Waals surface area contributed by atoms with Crippen LogP contribution < -0.4 is 4.72 Å². The predicted molar refractivity (Wildman–Crippen MR) is 126 cm³/mol. The fraction of sp³-hybridized carbons (Fsp3) is 0.200. The van der Waals surface area contributed by atoms with Crippen LogP contribution in [0.5, 0.6) is 0 Å². The van der Waals surface area contributed by atoms with Crippen LogP contribution in [0.1, 0.15) is 28.4 Å². The number of carbonyl (C=O) groups is 2. The number of aromatic carboxylic acids is 1. The highest BCUT2D eigenvalue weighted by Crippen LogP contribution is 2.29. The van der Waals surface area contributed by atoms with Gasteiger partial charge in [0.1, 0.15) is 0 Å². The largest absolute Gasteiger partial charge is 0.478 e. The Morgan fingerprint density at radius 2 is 1.58 bits per heavy atom. The average molecular weight is 465 g/mol. The Morgan fingerprint density at radius 1 is 0.879 bits per heavy atom. The molecule has 4 rings (SSSR count). The first-order valence-electron chi connectivity index (χ1n) is 10.6. The standard InChI is InChI=1S/C25H24N2O5S/c1-17(28)27-13-11-19-7-9-22(15-21(19)12-14-27)33(31,32)26-24-16-20(8-10-23(24)25(29)30)18-5-3-2-4-6-18/h2-10,15-16,26H,11-14H2,1H3,(H,29,30). The van der Waals surface area contributed by atoms with E-state index >= 15 is 0 Å². The van der Waals surface area contributed by atoms with Crippen molar-refractivity contribution in [3.05, 3.63) is 83.4 Å². The van der Waals surface area contributed by atoms with Gasteiger partial charge in [-0.3, -0.25) is 9.52 Å². The number of hydrogen-bond donors (Lipinski definition) is 2. The summed E-state index contributed by atoms with van der Waals surface area (Å²) in [6, 6.07) is 18.8. The van der Waals surface area contributed by atoms with Crippen molar-refractivity contribution < 1.29 is 23.1 Å². The maximum absolute atomic E-state index is 13.2. The molecule has 0 saturated carbocycles. The molecular formula is C25H24N2O5S. The molecule has 3 aromatic carbocycles. The molecule has 3 aromatic rings. The van der Waals surface area contributed by atoms with E-state index < -0.39 is 16.0 Å². The summed E-state index contributed by atoms with van der Waals surface area (Å²) in [5.41, 5.74) is 3.29. The highest BCUT2D eigenvalue weighted by Gasteiger charge is 2.22. The van der Waals surface area contributed by atoms with E-state index in [1.165, 1.54) is 25.1 Å². The summed E-state index contributed by atoms with van der Waals surface area (Å²) < 4.78 is 28.9. The summed E-state index contributed by atoms with van der Waals surface area (Å²) in [4.78, 5) is 25.3. The molecule has 0 saturated heterocycles. The lowest BCUT2D eigenvalue weighted by atomic mass is 10.0. The van der Waals surface area contributed by atoms with Gasteiger partial charge in [-0.15, -0.1) is 0 Å². The second-order valence-corrected chi connectivity index (χ2v) is 9.66. The number of nitrogens with one attached hydrogen (secondary N) is 1. The topological polar surface area (TPSA) is 104 Å². The summed E-state index contributed by atoms with van der Waals surface area (Å²) in [5, 5.41) is 9.59. The van der Waals surface area contributed by atoms with E-state index in [1.54, 1.807) is 23.1 Å². The lowest BCUT2D eigenvalue weighted by molar-refractivity contribution is -0.128. The molecule has 0 fully saturated rings. The zero-order valence-corrected chi connectivity index (χ0v) is 18.9. The first kappa shape index (κ1) is 22.5.